The van der Waals surface area contributed by atoms with Crippen molar-refractivity contribution < 1.29 is 27.0 Å². The molecule has 0 fully saturated rings. The molecule has 5 rings (SSSR count). The van der Waals surface area contributed by atoms with Crippen LogP contribution in [0.1, 0.15) is 66.6 Å². The molecule has 0 aliphatic carbocycles. The maximum atomic E-state index is 14.0. The minimum Gasteiger partial charge on any atom is -0.748 e. The predicted octanol–water partition coefficient (Wildman–Crippen LogP) is 7.20. The van der Waals surface area contributed by atoms with Crippen LogP contribution in [0.2, 0.25) is 0 Å². The zero-order valence-electron chi connectivity index (χ0n) is 26.2. The molecule has 9 heteroatoms. The molecule has 0 spiro atoms. The maximum absolute atomic E-state index is 14.0. The monoisotopic (exact) mass is 637 g/mol. The molecule has 2 atom stereocenters. The lowest BCUT2D eigenvalue weighted by Gasteiger charge is -2.26. The number of hydrogen-bond donors (Lipinski definition) is 2. The van der Waals surface area contributed by atoms with Crippen molar-refractivity contribution in [3.63, 3.8) is 0 Å². The van der Waals surface area contributed by atoms with E-state index in [1.807, 2.05) is 73.7 Å². The van der Waals surface area contributed by atoms with Crippen molar-refractivity contribution in [1.82, 2.24) is 5.32 Å². The summed E-state index contributed by atoms with van der Waals surface area (Å²) in [7, 11) is -4.42. The molecule has 46 heavy (non-hydrogen) atoms. The molecule has 0 saturated heterocycles. The second kappa shape index (κ2) is 13.3. The van der Waals surface area contributed by atoms with E-state index >= 15 is 0 Å². The number of fused-ring (bicyclic) bond motifs is 1. The lowest BCUT2D eigenvalue weighted by Crippen LogP contribution is -2.29. The Labute approximate surface area is 269 Å². The van der Waals surface area contributed by atoms with Crippen molar-refractivity contribution in [1.29, 1.82) is 0 Å². The van der Waals surface area contributed by atoms with Gasteiger partial charge >= 0.3 is 0 Å². The number of furan rings is 1. The minimum absolute atomic E-state index is 0.0439. The molecule has 0 saturated carbocycles. The van der Waals surface area contributed by atoms with Gasteiger partial charge in [-0.05, 0) is 76.6 Å². The van der Waals surface area contributed by atoms with Crippen LogP contribution in [-0.2, 0) is 20.3 Å². The molecule has 1 aromatic heterocycles. The molecule has 0 aliphatic heterocycles. The van der Waals surface area contributed by atoms with Crippen LogP contribution in [0.4, 0.5) is 5.69 Å². The van der Waals surface area contributed by atoms with Gasteiger partial charge in [0, 0.05) is 28.7 Å². The van der Waals surface area contributed by atoms with E-state index in [2.05, 4.69) is 43.5 Å². The molecular weight excluding hydrogens is 600 g/mol. The van der Waals surface area contributed by atoms with E-state index in [0.717, 1.165) is 39.0 Å². The largest absolute Gasteiger partial charge is 0.748 e. The van der Waals surface area contributed by atoms with Crippen LogP contribution >= 0.6 is 0 Å². The van der Waals surface area contributed by atoms with Gasteiger partial charge in [0.25, 0.3) is 5.91 Å². The Kier molecular flexibility index (Phi) is 9.46. The molecular formula is C37H37N2O6S-. The van der Waals surface area contributed by atoms with Gasteiger partial charge in [0.05, 0.1) is 21.8 Å². The van der Waals surface area contributed by atoms with Gasteiger partial charge in [0.2, 0.25) is 5.91 Å². The van der Waals surface area contributed by atoms with E-state index in [-0.39, 0.29) is 23.8 Å². The third-order valence-electron chi connectivity index (χ3n) is 8.12. The predicted molar refractivity (Wildman–Crippen MR) is 180 cm³/mol. The van der Waals surface area contributed by atoms with E-state index in [1.165, 1.54) is 0 Å². The standard InChI is InChI=1S/C37H38N2O6S/c1-24(25-9-11-28(12-10-25)35(40)38-21-22-46(42,43)44)34(27-13-17-30(18-14-27)37(2,3)4)36(41)39-31-19-15-26(16-20-31)33-23-29-7-5-6-8-32(29)45-33/h5-20,23-24,34H,21-22H2,1-4H3,(H,38,40)(H,39,41)(H,42,43,44)/p-1. The third kappa shape index (κ3) is 7.91. The molecule has 1 heterocycles. The van der Waals surface area contributed by atoms with Crippen LogP contribution < -0.4 is 10.6 Å². The van der Waals surface area contributed by atoms with Crippen LogP contribution in [0.25, 0.3) is 22.3 Å². The Morgan fingerprint density at radius 2 is 1.48 bits per heavy atom. The summed E-state index contributed by atoms with van der Waals surface area (Å²) in [6, 6.07) is 32.3. The summed E-state index contributed by atoms with van der Waals surface area (Å²) in [5.74, 6) is -1.41. The fraction of sp³-hybridized carbons (Fsp3) is 0.243. The number of hydrogen-bond acceptors (Lipinski definition) is 6. The zero-order valence-corrected chi connectivity index (χ0v) is 27.1. The molecule has 4 aromatic carbocycles. The highest BCUT2D eigenvalue weighted by Crippen LogP contribution is 2.36. The van der Waals surface area contributed by atoms with Gasteiger partial charge in [-0.2, -0.15) is 0 Å². The molecule has 2 amide bonds. The van der Waals surface area contributed by atoms with Gasteiger partial charge in [0.15, 0.2) is 0 Å². The van der Waals surface area contributed by atoms with Gasteiger partial charge in [-0.1, -0.05) is 82.3 Å². The van der Waals surface area contributed by atoms with Crippen LogP contribution in [0.5, 0.6) is 0 Å². The van der Waals surface area contributed by atoms with E-state index < -0.39 is 27.7 Å². The number of carbonyl (C=O) groups excluding carboxylic acids is 2. The second-order valence-electron chi connectivity index (χ2n) is 12.5. The van der Waals surface area contributed by atoms with Gasteiger partial charge in [-0.3, -0.25) is 9.59 Å². The summed E-state index contributed by atoms with van der Waals surface area (Å²) in [5.41, 5.74) is 5.50. The van der Waals surface area contributed by atoms with Crippen molar-refractivity contribution in [3.8, 4) is 11.3 Å². The van der Waals surface area contributed by atoms with Crippen molar-refractivity contribution in [2.45, 2.75) is 44.9 Å². The zero-order chi connectivity index (χ0) is 33.1. The van der Waals surface area contributed by atoms with Gasteiger partial charge in [-0.25, -0.2) is 8.42 Å². The van der Waals surface area contributed by atoms with Crippen molar-refractivity contribution >= 4 is 38.6 Å². The summed E-state index contributed by atoms with van der Waals surface area (Å²) in [5, 5.41) is 6.57. The van der Waals surface area contributed by atoms with E-state index in [1.54, 1.807) is 24.3 Å². The van der Waals surface area contributed by atoms with Crippen molar-refractivity contribution in [2.24, 2.45) is 0 Å². The lowest BCUT2D eigenvalue weighted by molar-refractivity contribution is -0.118. The number of anilines is 1. The fourth-order valence-electron chi connectivity index (χ4n) is 5.44. The number of benzene rings is 4. The summed E-state index contributed by atoms with van der Waals surface area (Å²) >= 11 is 0. The van der Waals surface area contributed by atoms with E-state index in [9.17, 15) is 22.6 Å². The maximum Gasteiger partial charge on any atom is 0.251 e. The quantitative estimate of drug-likeness (QED) is 0.156. The Hall–Kier alpha value is -4.73. The number of rotatable bonds is 10. The Morgan fingerprint density at radius 1 is 0.848 bits per heavy atom. The lowest BCUT2D eigenvalue weighted by atomic mass is 9.80. The van der Waals surface area contributed by atoms with Crippen LogP contribution in [0.3, 0.4) is 0 Å². The number of amides is 2. The summed E-state index contributed by atoms with van der Waals surface area (Å²) in [4.78, 5) is 26.5. The Balaban J connectivity index is 1.37. The normalized spacial score (nSPS) is 13.2. The molecule has 2 N–H and O–H groups in total. The van der Waals surface area contributed by atoms with E-state index in [0.29, 0.717) is 11.3 Å². The number of nitrogens with one attached hydrogen (secondary N) is 2. The van der Waals surface area contributed by atoms with Crippen molar-refractivity contribution in [3.05, 3.63) is 125 Å². The molecule has 0 aliphatic rings. The van der Waals surface area contributed by atoms with Crippen LogP contribution in [-0.4, -0.2) is 37.1 Å². The fourth-order valence-corrected chi connectivity index (χ4v) is 5.79. The molecule has 0 bridgehead atoms. The first-order chi connectivity index (χ1) is 21.8. The Morgan fingerprint density at radius 3 is 2.09 bits per heavy atom. The van der Waals surface area contributed by atoms with Crippen LogP contribution in [0.15, 0.2) is 108 Å². The first-order valence-electron chi connectivity index (χ1n) is 15.1. The average molecular weight is 638 g/mol. The number of carbonyl (C=O) groups is 2. The summed E-state index contributed by atoms with van der Waals surface area (Å²) < 4.78 is 38.5. The topological polar surface area (TPSA) is 129 Å². The van der Waals surface area contributed by atoms with Gasteiger partial charge < -0.3 is 19.6 Å². The average Bonchev–Trinajstić information content (AvgIpc) is 3.45. The van der Waals surface area contributed by atoms with E-state index in [4.69, 9.17) is 4.42 Å². The number of para-hydroxylation sites is 1. The second-order valence-corrected chi connectivity index (χ2v) is 14.0. The molecule has 2 unspecified atom stereocenters. The molecule has 8 nitrogen and oxygen atoms in total. The SMILES string of the molecule is CC(c1ccc(C(=O)NCCS(=O)(=O)[O-])cc1)C(C(=O)Nc1ccc(-c2cc3ccccc3o2)cc1)c1ccc(C(C)(C)C)cc1. The summed E-state index contributed by atoms with van der Waals surface area (Å²) in [6.07, 6.45) is 0. The molecule has 5 aromatic rings. The minimum atomic E-state index is -4.42. The highest BCUT2D eigenvalue weighted by atomic mass is 32.2. The van der Waals surface area contributed by atoms with Crippen LogP contribution in [0, 0.1) is 0 Å². The summed E-state index contributed by atoms with van der Waals surface area (Å²) in [6.45, 7) is 8.12. The molecule has 0 radical (unpaired) electrons. The van der Waals surface area contributed by atoms with Crippen molar-refractivity contribution in [2.75, 3.05) is 17.6 Å². The highest BCUT2D eigenvalue weighted by Gasteiger charge is 2.29. The highest BCUT2D eigenvalue weighted by molar-refractivity contribution is 7.85. The third-order valence-corrected chi connectivity index (χ3v) is 8.82. The molecule has 238 valence electrons. The van der Waals surface area contributed by atoms with Gasteiger partial charge in [0.1, 0.15) is 11.3 Å². The first-order valence-corrected chi connectivity index (χ1v) is 16.7. The Bertz CT molecular complexity index is 1910. The van der Waals surface area contributed by atoms with Gasteiger partial charge in [-0.15, -0.1) is 0 Å². The first kappa shape index (κ1) is 32.7. The smallest absolute Gasteiger partial charge is 0.251 e.